The van der Waals surface area contributed by atoms with Gasteiger partial charge in [-0.25, -0.2) is 14.4 Å². The molecule has 0 bridgehead atoms. The van der Waals surface area contributed by atoms with Crippen molar-refractivity contribution in [3.63, 3.8) is 0 Å². The number of pyridine rings is 1. The number of halogens is 1. The van der Waals surface area contributed by atoms with Crippen LogP contribution in [-0.4, -0.2) is 15.0 Å². The smallest absolute Gasteiger partial charge is 0.123 e. The monoisotopic (exact) mass is 307 g/mol. The van der Waals surface area contributed by atoms with Gasteiger partial charge in [0.2, 0.25) is 0 Å². The van der Waals surface area contributed by atoms with Crippen LogP contribution < -0.4 is 10.9 Å². The lowest BCUT2D eigenvalue weighted by Crippen LogP contribution is -2.20. The zero-order chi connectivity index (χ0) is 15.9. The van der Waals surface area contributed by atoms with E-state index in [4.69, 9.17) is 0 Å². The van der Waals surface area contributed by atoms with Gasteiger partial charge in [-0.15, -0.1) is 0 Å². The Morgan fingerprint density at radius 2 is 1.61 bits per heavy atom. The van der Waals surface area contributed by atoms with Crippen LogP contribution in [0.1, 0.15) is 11.1 Å². The fraction of sp³-hybridized carbons (Fsp3) is 0. The average Bonchev–Trinajstić information content (AvgIpc) is 2.62. The quantitative estimate of drug-likeness (QED) is 0.709. The van der Waals surface area contributed by atoms with Crippen molar-refractivity contribution in [3.05, 3.63) is 84.5 Å². The number of anilines is 1. The number of hydrogen-bond acceptors (Lipinski definition) is 5. The number of rotatable bonds is 5. The van der Waals surface area contributed by atoms with Crippen LogP contribution in [0.25, 0.3) is 11.8 Å². The summed E-state index contributed by atoms with van der Waals surface area (Å²) in [5.41, 5.74) is 9.51. The fourth-order valence-electron chi connectivity index (χ4n) is 1.95. The molecule has 0 atom stereocenters. The Morgan fingerprint density at radius 3 is 2.30 bits per heavy atom. The number of aromatic nitrogens is 3. The van der Waals surface area contributed by atoms with Crippen LogP contribution in [0, 0.1) is 5.82 Å². The maximum Gasteiger partial charge on any atom is 0.123 e. The minimum atomic E-state index is -0.264. The van der Waals surface area contributed by atoms with E-state index >= 15 is 0 Å². The van der Waals surface area contributed by atoms with Crippen molar-refractivity contribution in [3.8, 4) is 0 Å². The summed E-state index contributed by atoms with van der Waals surface area (Å²) < 4.78 is 13.0. The van der Waals surface area contributed by atoms with Gasteiger partial charge in [-0.3, -0.25) is 10.4 Å². The van der Waals surface area contributed by atoms with E-state index in [0.29, 0.717) is 0 Å². The molecule has 6 heteroatoms. The summed E-state index contributed by atoms with van der Waals surface area (Å²) in [5, 5.41) is 0. The van der Waals surface area contributed by atoms with Gasteiger partial charge in [0.1, 0.15) is 12.1 Å². The van der Waals surface area contributed by atoms with Crippen LogP contribution in [-0.2, 0) is 0 Å². The molecule has 0 aliphatic carbocycles. The molecule has 0 fully saturated rings. The van der Waals surface area contributed by atoms with E-state index in [9.17, 15) is 4.39 Å². The van der Waals surface area contributed by atoms with E-state index in [1.807, 2.05) is 18.2 Å². The van der Waals surface area contributed by atoms with E-state index in [1.165, 1.54) is 18.5 Å². The molecule has 0 aliphatic heterocycles. The molecule has 0 radical (unpaired) electrons. The molecule has 3 aromatic rings. The Balaban J connectivity index is 1.86. The van der Waals surface area contributed by atoms with Crippen molar-refractivity contribution < 1.29 is 4.39 Å². The van der Waals surface area contributed by atoms with Gasteiger partial charge in [-0.05, 0) is 35.9 Å². The summed E-state index contributed by atoms with van der Waals surface area (Å²) in [4.78, 5) is 11.9. The van der Waals surface area contributed by atoms with Gasteiger partial charge in [0.15, 0.2) is 0 Å². The molecule has 2 aromatic heterocycles. The second-order valence-electron chi connectivity index (χ2n) is 4.72. The van der Waals surface area contributed by atoms with Crippen molar-refractivity contribution in [2.24, 2.45) is 0 Å². The molecule has 114 valence electrons. The van der Waals surface area contributed by atoms with E-state index in [1.54, 1.807) is 36.9 Å². The molecule has 3 rings (SSSR count). The first-order valence-electron chi connectivity index (χ1n) is 6.96. The first-order chi connectivity index (χ1) is 11.3. The van der Waals surface area contributed by atoms with Crippen LogP contribution in [0.4, 0.5) is 10.1 Å². The lowest BCUT2D eigenvalue weighted by Gasteiger charge is -2.13. The van der Waals surface area contributed by atoms with Gasteiger partial charge in [0, 0.05) is 18.0 Å². The van der Waals surface area contributed by atoms with Gasteiger partial charge in [-0.1, -0.05) is 12.1 Å². The molecule has 0 aliphatic rings. The SMILES string of the molecule is Fc1ccc(C=C(NNc2cncnc2)c2ccncc2)cc1. The lowest BCUT2D eigenvalue weighted by molar-refractivity contribution is 0.628. The van der Waals surface area contributed by atoms with Crippen molar-refractivity contribution in [2.45, 2.75) is 0 Å². The van der Waals surface area contributed by atoms with E-state index in [0.717, 1.165) is 22.5 Å². The van der Waals surface area contributed by atoms with Crippen molar-refractivity contribution >= 4 is 17.5 Å². The summed E-state index contributed by atoms with van der Waals surface area (Å²) in [5.74, 6) is -0.264. The molecule has 0 saturated carbocycles. The number of hydrazine groups is 1. The molecule has 0 amide bonds. The van der Waals surface area contributed by atoms with Crippen molar-refractivity contribution in [1.29, 1.82) is 0 Å². The third-order valence-corrected chi connectivity index (χ3v) is 3.07. The van der Waals surface area contributed by atoms with Crippen LogP contribution in [0.5, 0.6) is 0 Å². The molecule has 2 heterocycles. The normalized spacial score (nSPS) is 11.1. The third-order valence-electron chi connectivity index (χ3n) is 3.07. The summed E-state index contributed by atoms with van der Waals surface area (Å²) >= 11 is 0. The maximum atomic E-state index is 13.0. The van der Waals surface area contributed by atoms with Gasteiger partial charge >= 0.3 is 0 Å². The van der Waals surface area contributed by atoms with E-state index in [2.05, 4.69) is 25.8 Å². The Hall–Kier alpha value is -3.28. The fourth-order valence-corrected chi connectivity index (χ4v) is 1.95. The highest BCUT2D eigenvalue weighted by molar-refractivity contribution is 5.80. The molecule has 23 heavy (non-hydrogen) atoms. The van der Waals surface area contributed by atoms with Crippen LogP contribution >= 0.6 is 0 Å². The van der Waals surface area contributed by atoms with Gasteiger partial charge in [0.05, 0.1) is 23.8 Å². The molecule has 0 spiro atoms. The molecular weight excluding hydrogens is 293 g/mol. The topological polar surface area (TPSA) is 62.7 Å². The zero-order valence-corrected chi connectivity index (χ0v) is 12.1. The summed E-state index contributed by atoms with van der Waals surface area (Å²) in [7, 11) is 0. The van der Waals surface area contributed by atoms with Crippen LogP contribution in [0.15, 0.2) is 67.5 Å². The second kappa shape index (κ2) is 7.13. The van der Waals surface area contributed by atoms with Crippen LogP contribution in [0.2, 0.25) is 0 Å². The molecule has 0 unspecified atom stereocenters. The average molecular weight is 307 g/mol. The molecule has 0 saturated heterocycles. The molecular formula is C17H14FN5. The highest BCUT2D eigenvalue weighted by Crippen LogP contribution is 2.16. The summed E-state index contributed by atoms with van der Waals surface area (Å²) in [6.07, 6.45) is 10.1. The van der Waals surface area contributed by atoms with E-state index in [-0.39, 0.29) is 5.82 Å². The Labute approximate surface area is 132 Å². The van der Waals surface area contributed by atoms with Gasteiger partial charge in [0.25, 0.3) is 0 Å². The second-order valence-corrected chi connectivity index (χ2v) is 4.72. The maximum absolute atomic E-state index is 13.0. The predicted molar refractivity (Wildman–Crippen MR) is 87.3 cm³/mol. The first kappa shape index (κ1) is 14.6. The largest absolute Gasteiger partial charge is 0.300 e. The molecule has 2 N–H and O–H groups in total. The zero-order valence-electron chi connectivity index (χ0n) is 12.1. The Bertz CT molecular complexity index is 773. The van der Waals surface area contributed by atoms with Crippen molar-refractivity contribution in [2.75, 3.05) is 5.43 Å². The predicted octanol–water partition coefficient (Wildman–Crippen LogP) is 3.13. The minimum absolute atomic E-state index is 0.264. The molecule has 5 nitrogen and oxygen atoms in total. The first-order valence-corrected chi connectivity index (χ1v) is 6.96. The highest BCUT2D eigenvalue weighted by atomic mass is 19.1. The Morgan fingerprint density at radius 1 is 0.913 bits per heavy atom. The number of nitrogens with one attached hydrogen (secondary N) is 2. The van der Waals surface area contributed by atoms with Gasteiger partial charge < -0.3 is 5.43 Å². The number of hydrogen-bond donors (Lipinski definition) is 2. The van der Waals surface area contributed by atoms with E-state index < -0.39 is 0 Å². The number of nitrogens with zero attached hydrogens (tertiary/aromatic N) is 3. The number of benzene rings is 1. The summed E-state index contributed by atoms with van der Waals surface area (Å²) in [6.45, 7) is 0. The molecule has 1 aromatic carbocycles. The van der Waals surface area contributed by atoms with Gasteiger partial charge in [-0.2, -0.15) is 0 Å². The van der Waals surface area contributed by atoms with Crippen LogP contribution in [0.3, 0.4) is 0 Å². The Kier molecular flexibility index (Phi) is 4.54. The standard InChI is InChI=1S/C17H14FN5/c18-15-3-1-13(2-4-15)9-17(14-5-7-19-8-6-14)23-22-16-10-20-12-21-11-16/h1-12,22-23H. The third kappa shape index (κ3) is 4.10. The minimum Gasteiger partial charge on any atom is -0.300 e. The van der Waals surface area contributed by atoms with Crippen molar-refractivity contribution in [1.82, 2.24) is 20.4 Å². The summed E-state index contributed by atoms with van der Waals surface area (Å²) in [6, 6.07) is 10.0. The highest BCUT2D eigenvalue weighted by Gasteiger charge is 2.02. The lowest BCUT2D eigenvalue weighted by atomic mass is 10.1.